The summed E-state index contributed by atoms with van der Waals surface area (Å²) in [5.41, 5.74) is 2.96. The van der Waals surface area contributed by atoms with Gasteiger partial charge in [0.2, 0.25) is 0 Å². The molecule has 0 amide bonds. The summed E-state index contributed by atoms with van der Waals surface area (Å²) in [4.78, 5) is 18.6. The zero-order valence-electron chi connectivity index (χ0n) is 14.6. The molecule has 1 fully saturated rings. The molecule has 4 heterocycles. The molecule has 4 rings (SSSR count). The van der Waals surface area contributed by atoms with Crippen LogP contribution in [0, 0.1) is 12.7 Å². The number of imidazole rings is 1. The molecule has 6 nitrogen and oxygen atoms in total. The Morgan fingerprint density at radius 1 is 1.31 bits per heavy atom. The lowest BCUT2D eigenvalue weighted by Gasteiger charge is -2.15. The highest BCUT2D eigenvalue weighted by Crippen LogP contribution is 2.29. The number of aromatic amines is 1. The molecule has 1 aliphatic rings. The fourth-order valence-electron chi connectivity index (χ4n) is 3.39. The lowest BCUT2D eigenvalue weighted by Crippen LogP contribution is -2.20. The van der Waals surface area contributed by atoms with Gasteiger partial charge in [0.05, 0.1) is 12.7 Å². The minimum atomic E-state index is -0.343. The first-order valence-corrected chi connectivity index (χ1v) is 8.73. The van der Waals surface area contributed by atoms with Gasteiger partial charge in [0.1, 0.15) is 17.5 Å². The normalized spacial score (nSPS) is 17.5. The largest absolute Gasteiger partial charge is 0.348 e. The third-order valence-corrected chi connectivity index (χ3v) is 4.59. The third kappa shape index (κ3) is 3.88. The predicted molar refractivity (Wildman–Crippen MR) is 97.7 cm³/mol. The van der Waals surface area contributed by atoms with Crippen molar-refractivity contribution in [2.75, 3.05) is 18.4 Å². The molecule has 0 bridgehead atoms. The molecule has 3 aromatic heterocycles. The predicted octanol–water partition coefficient (Wildman–Crippen LogP) is 3.38. The van der Waals surface area contributed by atoms with Crippen LogP contribution in [0.2, 0.25) is 0 Å². The van der Waals surface area contributed by atoms with E-state index >= 15 is 0 Å². The summed E-state index contributed by atoms with van der Waals surface area (Å²) in [6, 6.07) is 7.07. The number of likely N-dealkylation sites (tertiary alicyclic amines) is 1. The molecule has 0 spiro atoms. The number of halogens is 1. The molecule has 134 valence electrons. The summed E-state index contributed by atoms with van der Waals surface area (Å²) in [7, 11) is 0. The van der Waals surface area contributed by atoms with Crippen molar-refractivity contribution < 1.29 is 4.39 Å². The van der Waals surface area contributed by atoms with E-state index in [2.05, 4.69) is 31.2 Å². The first-order chi connectivity index (χ1) is 12.7. The SMILES string of the molecule is Cc1cc(Nc2ccc(F)cn2)cc(C2CCN(Cc3ncc[nH]3)C2)n1. The number of aryl methyl sites for hydroxylation is 1. The molecule has 2 N–H and O–H groups in total. The Balaban J connectivity index is 1.46. The van der Waals surface area contributed by atoms with Crippen molar-refractivity contribution in [2.24, 2.45) is 0 Å². The highest BCUT2D eigenvalue weighted by molar-refractivity contribution is 5.57. The zero-order chi connectivity index (χ0) is 17.9. The quantitative estimate of drug-likeness (QED) is 0.737. The molecule has 1 atom stereocenters. The first-order valence-electron chi connectivity index (χ1n) is 8.73. The molecule has 26 heavy (non-hydrogen) atoms. The topological polar surface area (TPSA) is 69.7 Å². The summed E-state index contributed by atoms with van der Waals surface area (Å²) in [5.74, 6) is 1.66. The van der Waals surface area contributed by atoms with Crippen molar-refractivity contribution in [2.45, 2.75) is 25.8 Å². The number of anilines is 2. The van der Waals surface area contributed by atoms with Crippen LogP contribution >= 0.6 is 0 Å². The van der Waals surface area contributed by atoms with Crippen molar-refractivity contribution in [3.8, 4) is 0 Å². The van der Waals surface area contributed by atoms with Crippen molar-refractivity contribution in [1.82, 2.24) is 24.8 Å². The van der Waals surface area contributed by atoms with Crippen LogP contribution in [0.4, 0.5) is 15.9 Å². The van der Waals surface area contributed by atoms with E-state index in [1.807, 2.05) is 19.2 Å². The van der Waals surface area contributed by atoms with Crippen LogP contribution in [0.5, 0.6) is 0 Å². The summed E-state index contributed by atoms with van der Waals surface area (Å²) in [5, 5.41) is 3.24. The maximum atomic E-state index is 13.0. The number of nitrogens with zero attached hydrogens (tertiary/aromatic N) is 4. The summed E-state index contributed by atoms with van der Waals surface area (Å²) in [6.45, 7) is 4.82. The van der Waals surface area contributed by atoms with Gasteiger partial charge in [-0.05, 0) is 44.2 Å². The van der Waals surface area contributed by atoms with E-state index in [-0.39, 0.29) is 5.82 Å². The fraction of sp³-hybridized carbons (Fsp3) is 0.316. The van der Waals surface area contributed by atoms with Gasteiger partial charge < -0.3 is 10.3 Å². The maximum absolute atomic E-state index is 13.0. The number of pyridine rings is 2. The molecule has 0 radical (unpaired) electrons. The Morgan fingerprint density at radius 3 is 3.00 bits per heavy atom. The van der Waals surface area contributed by atoms with Crippen LogP contribution in [0.1, 0.15) is 29.6 Å². The second-order valence-corrected chi connectivity index (χ2v) is 6.67. The van der Waals surface area contributed by atoms with Gasteiger partial charge >= 0.3 is 0 Å². The molecule has 0 aromatic carbocycles. The van der Waals surface area contributed by atoms with Crippen LogP contribution in [0.3, 0.4) is 0 Å². The van der Waals surface area contributed by atoms with E-state index in [1.54, 1.807) is 12.3 Å². The van der Waals surface area contributed by atoms with Gasteiger partial charge in [0.25, 0.3) is 0 Å². The van der Waals surface area contributed by atoms with Crippen molar-refractivity contribution in [3.05, 3.63) is 65.9 Å². The van der Waals surface area contributed by atoms with E-state index < -0.39 is 0 Å². The molecular formula is C19H21FN6. The molecule has 0 saturated carbocycles. The van der Waals surface area contributed by atoms with Gasteiger partial charge in [-0.15, -0.1) is 0 Å². The van der Waals surface area contributed by atoms with E-state index in [0.29, 0.717) is 11.7 Å². The van der Waals surface area contributed by atoms with E-state index in [1.165, 1.54) is 12.3 Å². The van der Waals surface area contributed by atoms with Crippen molar-refractivity contribution in [3.63, 3.8) is 0 Å². The number of aromatic nitrogens is 4. The number of hydrogen-bond acceptors (Lipinski definition) is 5. The smallest absolute Gasteiger partial charge is 0.141 e. The molecule has 7 heteroatoms. The summed E-state index contributed by atoms with van der Waals surface area (Å²) < 4.78 is 13.0. The average molecular weight is 352 g/mol. The second kappa shape index (κ2) is 7.21. The second-order valence-electron chi connectivity index (χ2n) is 6.67. The van der Waals surface area contributed by atoms with Gasteiger partial charge in [-0.25, -0.2) is 14.4 Å². The van der Waals surface area contributed by atoms with Gasteiger partial charge in [0, 0.05) is 41.9 Å². The summed E-state index contributed by atoms with van der Waals surface area (Å²) >= 11 is 0. The Hall–Kier alpha value is -2.80. The highest BCUT2D eigenvalue weighted by Gasteiger charge is 2.25. The van der Waals surface area contributed by atoms with Gasteiger partial charge in [-0.1, -0.05) is 0 Å². The minimum Gasteiger partial charge on any atom is -0.348 e. The molecule has 3 aromatic rings. The lowest BCUT2D eigenvalue weighted by molar-refractivity contribution is 0.318. The fourth-order valence-corrected chi connectivity index (χ4v) is 3.39. The molecule has 1 aliphatic heterocycles. The van der Waals surface area contributed by atoms with E-state index in [4.69, 9.17) is 4.98 Å². The highest BCUT2D eigenvalue weighted by atomic mass is 19.1. The Morgan fingerprint density at radius 2 is 2.23 bits per heavy atom. The molecule has 1 saturated heterocycles. The van der Waals surface area contributed by atoms with Gasteiger partial charge in [-0.3, -0.25) is 9.88 Å². The first kappa shape index (κ1) is 16.7. The van der Waals surface area contributed by atoms with Crippen molar-refractivity contribution in [1.29, 1.82) is 0 Å². The maximum Gasteiger partial charge on any atom is 0.141 e. The average Bonchev–Trinajstić information content (AvgIpc) is 3.29. The summed E-state index contributed by atoms with van der Waals surface area (Å²) in [6.07, 6.45) is 5.92. The number of rotatable bonds is 5. The molecule has 1 unspecified atom stereocenters. The standard InChI is InChI=1S/C19H21FN6/c1-13-8-16(25-18-3-2-15(20)10-23-18)9-17(24-13)14-4-7-26(11-14)12-19-21-5-6-22-19/h2-3,5-6,8-10,14H,4,7,11-12H2,1H3,(H,21,22)(H,23,24,25). The van der Waals surface area contributed by atoms with Crippen LogP contribution < -0.4 is 5.32 Å². The zero-order valence-corrected chi connectivity index (χ0v) is 14.6. The van der Waals surface area contributed by atoms with Gasteiger partial charge in [0.15, 0.2) is 0 Å². The third-order valence-electron chi connectivity index (χ3n) is 4.59. The van der Waals surface area contributed by atoms with Gasteiger partial charge in [-0.2, -0.15) is 0 Å². The Bertz CT molecular complexity index is 862. The lowest BCUT2D eigenvalue weighted by atomic mass is 10.0. The minimum absolute atomic E-state index is 0.343. The van der Waals surface area contributed by atoms with Crippen LogP contribution in [-0.4, -0.2) is 37.9 Å². The monoisotopic (exact) mass is 352 g/mol. The molecule has 0 aliphatic carbocycles. The van der Waals surface area contributed by atoms with Crippen LogP contribution in [-0.2, 0) is 6.54 Å². The van der Waals surface area contributed by atoms with E-state index in [9.17, 15) is 4.39 Å². The van der Waals surface area contributed by atoms with Crippen molar-refractivity contribution >= 4 is 11.5 Å². The Labute approximate surface area is 151 Å². The van der Waals surface area contributed by atoms with E-state index in [0.717, 1.165) is 49.0 Å². The molecular weight excluding hydrogens is 331 g/mol. The van der Waals surface area contributed by atoms with Crippen LogP contribution in [0.25, 0.3) is 0 Å². The van der Waals surface area contributed by atoms with Crippen LogP contribution in [0.15, 0.2) is 42.9 Å². The number of H-pyrrole nitrogens is 1. The number of hydrogen-bond donors (Lipinski definition) is 2. The Kier molecular flexibility index (Phi) is 4.62. The number of nitrogens with one attached hydrogen (secondary N) is 2.